The molecule has 1 saturated heterocycles. The molecule has 0 unspecified atom stereocenters. The second kappa shape index (κ2) is 10.3. The van der Waals surface area contributed by atoms with E-state index in [4.69, 9.17) is 9.47 Å². The van der Waals surface area contributed by atoms with E-state index in [1.165, 1.54) is 10.6 Å². The summed E-state index contributed by atoms with van der Waals surface area (Å²) in [5.74, 6) is 0.361. The van der Waals surface area contributed by atoms with Crippen molar-refractivity contribution < 1.29 is 19.1 Å². The molecule has 0 spiro atoms. The van der Waals surface area contributed by atoms with Gasteiger partial charge in [-0.05, 0) is 73.4 Å². The molecule has 3 aromatic rings. The van der Waals surface area contributed by atoms with Crippen molar-refractivity contribution >= 4 is 23.6 Å². The Balaban J connectivity index is 1.52. The molecule has 0 bridgehead atoms. The Labute approximate surface area is 199 Å². The first-order valence-electron chi connectivity index (χ1n) is 11.3. The summed E-state index contributed by atoms with van der Waals surface area (Å²) in [6.07, 6.45) is 2.36. The molecule has 1 fully saturated rings. The van der Waals surface area contributed by atoms with Gasteiger partial charge in [-0.25, -0.2) is 5.01 Å². The molecule has 1 aliphatic rings. The van der Waals surface area contributed by atoms with E-state index in [0.29, 0.717) is 36.0 Å². The number of benzene rings is 3. The predicted octanol–water partition coefficient (Wildman–Crippen LogP) is 4.79. The minimum atomic E-state index is -0.440. The quantitative estimate of drug-likeness (QED) is 0.391. The van der Waals surface area contributed by atoms with Crippen LogP contribution in [-0.2, 0) is 16.0 Å². The highest BCUT2D eigenvalue weighted by atomic mass is 16.5. The first-order valence-corrected chi connectivity index (χ1v) is 11.3. The van der Waals surface area contributed by atoms with Gasteiger partial charge in [-0.1, -0.05) is 42.5 Å². The van der Waals surface area contributed by atoms with Gasteiger partial charge in [0.25, 0.3) is 11.8 Å². The standard InChI is InChI=1S/C28H28N2O4/c1-4-33-26-18-22(11-13-25(26)34-15-14-21-8-6-5-7-9-21)17-24-27(31)29-30(28(24)32)23-12-10-19(2)20(3)16-23/h5-13,16-18H,4,14-15H2,1-3H3,(H,29,31). The molecule has 0 aromatic heterocycles. The van der Waals surface area contributed by atoms with E-state index in [1.807, 2.05) is 63.2 Å². The maximum atomic E-state index is 13.0. The Morgan fingerprint density at radius 1 is 0.882 bits per heavy atom. The van der Waals surface area contributed by atoms with E-state index in [2.05, 4.69) is 17.6 Å². The molecule has 6 heteroatoms. The van der Waals surface area contributed by atoms with Crippen molar-refractivity contribution in [2.45, 2.75) is 27.2 Å². The van der Waals surface area contributed by atoms with E-state index in [9.17, 15) is 9.59 Å². The summed E-state index contributed by atoms with van der Waals surface area (Å²) < 4.78 is 11.7. The van der Waals surface area contributed by atoms with E-state index in [1.54, 1.807) is 18.2 Å². The van der Waals surface area contributed by atoms with E-state index >= 15 is 0 Å². The number of anilines is 1. The highest BCUT2D eigenvalue weighted by Crippen LogP contribution is 2.30. The normalized spacial score (nSPS) is 14.4. The van der Waals surface area contributed by atoms with Crippen LogP contribution in [0.15, 0.2) is 72.3 Å². The Hall–Kier alpha value is -4.06. The average molecular weight is 457 g/mol. The van der Waals surface area contributed by atoms with E-state index in [-0.39, 0.29) is 5.57 Å². The van der Waals surface area contributed by atoms with Gasteiger partial charge in [0.05, 0.1) is 18.9 Å². The van der Waals surface area contributed by atoms with Crippen LogP contribution in [0.2, 0.25) is 0 Å². The molecule has 0 saturated carbocycles. The number of carbonyl (C=O) groups excluding carboxylic acids is 2. The van der Waals surface area contributed by atoms with Crippen LogP contribution in [0.25, 0.3) is 6.08 Å². The van der Waals surface area contributed by atoms with Crippen molar-refractivity contribution in [3.63, 3.8) is 0 Å². The van der Waals surface area contributed by atoms with Crippen LogP contribution < -0.4 is 19.9 Å². The molecule has 2 amide bonds. The molecule has 174 valence electrons. The van der Waals surface area contributed by atoms with Gasteiger partial charge in [-0.15, -0.1) is 0 Å². The highest BCUT2D eigenvalue weighted by molar-refractivity contribution is 6.31. The van der Waals surface area contributed by atoms with Crippen molar-refractivity contribution in [3.05, 3.63) is 94.6 Å². The zero-order valence-corrected chi connectivity index (χ0v) is 19.6. The Morgan fingerprint density at radius 2 is 1.68 bits per heavy atom. The third-order valence-corrected chi connectivity index (χ3v) is 5.71. The van der Waals surface area contributed by atoms with Crippen molar-refractivity contribution in [2.24, 2.45) is 0 Å². The number of hydrazine groups is 1. The lowest BCUT2D eigenvalue weighted by atomic mass is 10.1. The van der Waals surface area contributed by atoms with Crippen LogP contribution in [-0.4, -0.2) is 25.0 Å². The van der Waals surface area contributed by atoms with Crippen LogP contribution >= 0.6 is 0 Å². The summed E-state index contributed by atoms with van der Waals surface area (Å²) in [5, 5.41) is 1.28. The van der Waals surface area contributed by atoms with Crippen LogP contribution in [0.5, 0.6) is 11.5 Å². The van der Waals surface area contributed by atoms with E-state index in [0.717, 1.165) is 17.5 Å². The van der Waals surface area contributed by atoms with Gasteiger partial charge in [0.1, 0.15) is 5.57 Å². The van der Waals surface area contributed by atoms with Gasteiger partial charge in [0, 0.05) is 6.42 Å². The van der Waals surface area contributed by atoms with Gasteiger partial charge >= 0.3 is 0 Å². The van der Waals surface area contributed by atoms with Crippen LogP contribution in [0, 0.1) is 13.8 Å². The number of ether oxygens (including phenoxy) is 2. The molecule has 0 aliphatic carbocycles. The van der Waals surface area contributed by atoms with Gasteiger partial charge in [-0.3, -0.25) is 15.0 Å². The highest BCUT2D eigenvalue weighted by Gasteiger charge is 2.34. The number of nitrogens with zero attached hydrogens (tertiary/aromatic N) is 1. The Morgan fingerprint density at radius 3 is 2.41 bits per heavy atom. The number of hydrogen-bond donors (Lipinski definition) is 1. The molecule has 6 nitrogen and oxygen atoms in total. The fourth-order valence-corrected chi connectivity index (χ4v) is 3.70. The summed E-state index contributed by atoms with van der Waals surface area (Å²) in [5.41, 5.74) is 7.38. The number of amides is 2. The van der Waals surface area contributed by atoms with Crippen molar-refractivity contribution in [2.75, 3.05) is 18.2 Å². The first kappa shape index (κ1) is 23.1. The molecule has 0 atom stereocenters. The SMILES string of the molecule is CCOc1cc(C=C2C(=O)NN(c3ccc(C)c(C)c3)C2=O)ccc1OCCc1ccccc1. The number of carbonyl (C=O) groups is 2. The van der Waals surface area contributed by atoms with Crippen molar-refractivity contribution in [3.8, 4) is 11.5 Å². The maximum absolute atomic E-state index is 13.0. The summed E-state index contributed by atoms with van der Waals surface area (Å²) in [6.45, 7) is 6.84. The third kappa shape index (κ3) is 5.12. The smallest absolute Gasteiger partial charge is 0.282 e. The fourth-order valence-electron chi connectivity index (χ4n) is 3.70. The van der Waals surface area contributed by atoms with Gasteiger partial charge in [-0.2, -0.15) is 0 Å². The maximum Gasteiger partial charge on any atom is 0.282 e. The molecule has 34 heavy (non-hydrogen) atoms. The van der Waals surface area contributed by atoms with Crippen LogP contribution in [0.1, 0.15) is 29.2 Å². The van der Waals surface area contributed by atoms with Gasteiger partial charge in [0.2, 0.25) is 0 Å². The van der Waals surface area contributed by atoms with Crippen molar-refractivity contribution in [1.29, 1.82) is 0 Å². The summed E-state index contributed by atoms with van der Waals surface area (Å²) in [7, 11) is 0. The third-order valence-electron chi connectivity index (χ3n) is 5.71. The second-order valence-corrected chi connectivity index (χ2v) is 8.13. The lowest BCUT2D eigenvalue weighted by molar-refractivity contribution is -0.117. The zero-order chi connectivity index (χ0) is 24.1. The summed E-state index contributed by atoms with van der Waals surface area (Å²) >= 11 is 0. The number of rotatable bonds is 8. The second-order valence-electron chi connectivity index (χ2n) is 8.13. The molecule has 1 aliphatic heterocycles. The van der Waals surface area contributed by atoms with Crippen LogP contribution in [0.4, 0.5) is 5.69 Å². The summed E-state index contributed by atoms with van der Waals surface area (Å²) in [6, 6.07) is 21.2. The number of aryl methyl sites for hydroxylation is 2. The largest absolute Gasteiger partial charge is 0.490 e. The minimum Gasteiger partial charge on any atom is -0.490 e. The molecule has 3 aromatic carbocycles. The predicted molar refractivity (Wildman–Crippen MR) is 133 cm³/mol. The minimum absolute atomic E-state index is 0.0680. The number of nitrogens with one attached hydrogen (secondary N) is 1. The molecule has 1 heterocycles. The molecular formula is C28H28N2O4. The zero-order valence-electron chi connectivity index (χ0n) is 19.6. The molecule has 4 rings (SSSR count). The van der Waals surface area contributed by atoms with Gasteiger partial charge in [0.15, 0.2) is 11.5 Å². The monoisotopic (exact) mass is 456 g/mol. The topological polar surface area (TPSA) is 67.9 Å². The molecule has 1 N–H and O–H groups in total. The average Bonchev–Trinajstić information content (AvgIpc) is 3.11. The summed E-state index contributed by atoms with van der Waals surface area (Å²) in [4.78, 5) is 25.6. The van der Waals surface area contributed by atoms with Gasteiger partial charge < -0.3 is 9.47 Å². The first-order chi connectivity index (χ1) is 16.5. The van der Waals surface area contributed by atoms with Crippen molar-refractivity contribution in [1.82, 2.24) is 5.43 Å². The lowest BCUT2D eigenvalue weighted by Gasteiger charge is -2.16. The Kier molecular flexibility index (Phi) is 6.97. The molecule has 0 radical (unpaired) electrons. The van der Waals surface area contributed by atoms with E-state index < -0.39 is 11.8 Å². The van der Waals surface area contributed by atoms with Crippen LogP contribution in [0.3, 0.4) is 0 Å². The number of hydrogen-bond acceptors (Lipinski definition) is 4. The lowest BCUT2D eigenvalue weighted by Crippen LogP contribution is -2.35. The Bertz CT molecular complexity index is 1230. The molecular weight excluding hydrogens is 428 g/mol. The fraction of sp³-hybridized carbons (Fsp3) is 0.214.